The average molecular weight is 74.1 g/mol. The van der Waals surface area contributed by atoms with Gasteiger partial charge in [0.2, 0.25) is 0 Å². The number of rotatable bonds is 0. The van der Waals surface area contributed by atoms with Crippen LogP contribution in [0.25, 0.3) is 0 Å². The minimum Gasteiger partial charge on any atom is -0.451 e. The second kappa shape index (κ2) is 0.432. The topological polar surface area (TPSA) is 12.5 Å². The molecule has 4 heavy (non-hydrogen) atoms. The summed E-state index contributed by atoms with van der Waals surface area (Å²) < 4.78 is 4.36. The smallest absolute Gasteiger partial charge is 0.192 e. The Morgan fingerprint density at radius 3 is 2.25 bits per heavy atom. The predicted octanol–water partition coefficient (Wildman–Crippen LogP) is 0.745. The van der Waals surface area contributed by atoms with Gasteiger partial charge >= 0.3 is 0 Å². The maximum atomic E-state index is 4.36. The fraction of sp³-hybridized carbons (Fsp3) is 0. The lowest BCUT2D eigenvalue weighted by Crippen LogP contribution is -1.25. The first-order chi connectivity index (χ1) is 1.89. The third-order valence-electron chi connectivity index (χ3n) is 0.223. The van der Waals surface area contributed by atoms with Crippen LogP contribution in [0.4, 0.5) is 0 Å². The second-order valence-electron chi connectivity index (χ2n) is 0.574. The van der Waals surface area contributed by atoms with Gasteiger partial charge in [-0.05, 0) is 0 Å². The van der Waals surface area contributed by atoms with Gasteiger partial charge in [-0.3, -0.25) is 0 Å². The molecule has 0 bridgehead atoms. The van der Waals surface area contributed by atoms with E-state index in [0.717, 1.165) is 5.09 Å². The van der Waals surface area contributed by atoms with E-state index in [4.69, 9.17) is 0 Å². The molecule has 0 aliphatic carbocycles. The van der Waals surface area contributed by atoms with Crippen LogP contribution in [0.1, 0.15) is 0 Å². The van der Waals surface area contributed by atoms with Crippen molar-refractivity contribution in [3.8, 4) is 0 Å². The van der Waals surface area contributed by atoms with Crippen LogP contribution in [0.2, 0.25) is 0 Å². The van der Waals surface area contributed by atoms with Crippen LogP contribution in [0.3, 0.4) is 0 Å². The van der Waals surface area contributed by atoms with Gasteiger partial charge in [0.1, 0.15) is 6.26 Å². The molecule has 0 saturated heterocycles. The quantitative estimate of drug-likeness (QED) is 0.418. The largest absolute Gasteiger partial charge is 0.451 e. The summed E-state index contributed by atoms with van der Waals surface area (Å²) in [6.45, 7) is 0. The summed E-state index contributed by atoms with van der Waals surface area (Å²) in [4.78, 5) is 0. The van der Waals surface area contributed by atoms with E-state index in [0.29, 0.717) is 0 Å². The van der Waals surface area contributed by atoms with Crippen molar-refractivity contribution in [2.45, 2.75) is 0 Å². The van der Waals surface area contributed by atoms with E-state index in [1.807, 2.05) is 0 Å². The van der Waals surface area contributed by atoms with Crippen LogP contribution in [-0.2, 0) is 4.74 Å². The van der Waals surface area contributed by atoms with E-state index in [-0.39, 0.29) is 0 Å². The number of thiol groups is 1. The van der Waals surface area contributed by atoms with Crippen molar-refractivity contribution in [1.82, 2.24) is 0 Å². The summed E-state index contributed by atoms with van der Waals surface area (Å²) in [5.41, 5.74) is 0. The van der Waals surface area contributed by atoms with Crippen LogP contribution in [0.5, 0.6) is 0 Å². The lowest BCUT2D eigenvalue weighted by atomic mass is 11.3. The van der Waals surface area contributed by atoms with Crippen molar-refractivity contribution in [3.05, 3.63) is 11.4 Å². The molecule has 0 spiro atoms. The average Bonchev–Trinajstić information content (AvgIpc) is 1.75. The summed E-state index contributed by atoms with van der Waals surface area (Å²) in [5.74, 6) is 0. The molecule has 0 aromatic heterocycles. The predicted molar refractivity (Wildman–Crippen MR) is 18.2 cm³/mol. The fourth-order valence-corrected chi connectivity index (χ4v) is 0.0791. The molecule has 1 heterocycles. The van der Waals surface area contributed by atoms with Crippen molar-refractivity contribution >= 4 is 12.6 Å². The molecule has 1 aliphatic heterocycles. The number of hydrogen-bond donors (Lipinski definition) is 1. The Hall–Kier alpha value is -0.110. The molecule has 1 nitrogen and oxygen atoms in total. The van der Waals surface area contributed by atoms with Gasteiger partial charge < -0.3 is 4.74 Å². The first-order valence-corrected chi connectivity index (χ1v) is 1.40. The molecular formula is C2H2OS. The van der Waals surface area contributed by atoms with Gasteiger partial charge in [-0.2, -0.15) is 0 Å². The zero-order valence-electron chi connectivity index (χ0n) is 1.93. The van der Waals surface area contributed by atoms with Crippen LogP contribution < -0.4 is 0 Å². The third-order valence-corrected chi connectivity index (χ3v) is 0.434. The molecule has 0 saturated carbocycles. The standard InChI is InChI=1S/C2H2OS/c4-2-1-3-2/h1,4H. The summed E-state index contributed by atoms with van der Waals surface area (Å²) in [5, 5.41) is 0.736. The van der Waals surface area contributed by atoms with E-state index in [1.54, 1.807) is 6.26 Å². The van der Waals surface area contributed by atoms with Gasteiger partial charge in [0.25, 0.3) is 0 Å². The molecule has 0 fully saturated rings. The number of hydrogen-bond acceptors (Lipinski definition) is 2. The van der Waals surface area contributed by atoms with Gasteiger partial charge in [-0.1, -0.05) is 0 Å². The molecule has 22 valence electrons. The zero-order chi connectivity index (χ0) is 2.99. The molecule has 1 aliphatic rings. The van der Waals surface area contributed by atoms with Crippen LogP contribution >= 0.6 is 12.6 Å². The Labute approximate surface area is 29.7 Å². The van der Waals surface area contributed by atoms with E-state index < -0.39 is 0 Å². The second-order valence-corrected chi connectivity index (χ2v) is 1.01. The molecular weight excluding hydrogens is 72.1 g/mol. The zero-order valence-corrected chi connectivity index (χ0v) is 2.83. The Morgan fingerprint density at radius 2 is 2.25 bits per heavy atom. The maximum Gasteiger partial charge on any atom is 0.192 e. The van der Waals surface area contributed by atoms with E-state index in [2.05, 4.69) is 17.4 Å². The molecule has 0 amide bonds. The molecule has 0 radical (unpaired) electrons. The lowest BCUT2D eigenvalue weighted by molar-refractivity contribution is 0.532. The fourth-order valence-electron chi connectivity index (χ4n) is 0.0264. The highest BCUT2D eigenvalue weighted by molar-refractivity contribution is 7.84. The number of ether oxygens (including phenoxy) is 1. The van der Waals surface area contributed by atoms with Crippen molar-refractivity contribution < 1.29 is 4.74 Å². The molecule has 0 atom stereocenters. The van der Waals surface area contributed by atoms with Gasteiger partial charge in [0.15, 0.2) is 5.09 Å². The van der Waals surface area contributed by atoms with E-state index >= 15 is 0 Å². The Balaban J connectivity index is 2.54. The maximum absolute atomic E-state index is 4.36. The summed E-state index contributed by atoms with van der Waals surface area (Å²) >= 11 is 3.72. The molecule has 0 aromatic carbocycles. The van der Waals surface area contributed by atoms with Gasteiger partial charge in [0.05, 0.1) is 0 Å². The van der Waals surface area contributed by atoms with Crippen molar-refractivity contribution in [2.75, 3.05) is 0 Å². The van der Waals surface area contributed by atoms with Crippen LogP contribution in [-0.4, -0.2) is 0 Å². The Morgan fingerprint density at radius 1 is 2.00 bits per heavy atom. The first kappa shape index (κ1) is 2.15. The van der Waals surface area contributed by atoms with Crippen molar-refractivity contribution in [2.24, 2.45) is 0 Å². The van der Waals surface area contributed by atoms with Gasteiger partial charge in [0, 0.05) is 0 Å². The molecule has 0 unspecified atom stereocenters. The van der Waals surface area contributed by atoms with Gasteiger partial charge in [-0.25, -0.2) is 0 Å². The lowest BCUT2D eigenvalue weighted by Gasteiger charge is -1.52. The minimum absolute atomic E-state index is 0.736. The highest BCUT2D eigenvalue weighted by Gasteiger charge is 1.97. The van der Waals surface area contributed by atoms with E-state index in [9.17, 15) is 0 Å². The minimum atomic E-state index is 0.736. The normalized spacial score (nSPS) is 17.8. The van der Waals surface area contributed by atoms with Gasteiger partial charge in [-0.15, -0.1) is 12.6 Å². The molecule has 1 rings (SSSR count). The molecule has 2 heteroatoms. The highest BCUT2D eigenvalue weighted by Crippen LogP contribution is 2.15. The SMILES string of the molecule is SC1=CO1. The first-order valence-electron chi connectivity index (χ1n) is 0.952. The Bertz CT molecular complexity index is 57.1. The summed E-state index contributed by atoms with van der Waals surface area (Å²) in [6.07, 6.45) is 1.57. The van der Waals surface area contributed by atoms with Crippen LogP contribution in [0, 0.1) is 0 Å². The summed E-state index contributed by atoms with van der Waals surface area (Å²) in [7, 11) is 0. The Kier molecular flexibility index (Phi) is 0.232. The molecule has 0 aromatic rings. The highest BCUT2D eigenvalue weighted by atomic mass is 32.1. The van der Waals surface area contributed by atoms with Crippen molar-refractivity contribution in [1.29, 1.82) is 0 Å². The third kappa shape index (κ3) is 0.179. The van der Waals surface area contributed by atoms with Crippen LogP contribution in [0.15, 0.2) is 11.4 Å². The van der Waals surface area contributed by atoms with Crippen molar-refractivity contribution in [3.63, 3.8) is 0 Å². The van der Waals surface area contributed by atoms with E-state index in [1.165, 1.54) is 0 Å². The molecule has 0 N–H and O–H groups in total. The monoisotopic (exact) mass is 74.0 g/mol. The summed E-state index contributed by atoms with van der Waals surface area (Å²) in [6, 6.07) is 0.